The molecule has 0 bridgehead atoms. The number of terminal acetylenes is 1. The van der Waals surface area contributed by atoms with Crippen molar-refractivity contribution in [1.29, 1.82) is 0 Å². The van der Waals surface area contributed by atoms with E-state index in [1.54, 1.807) is 4.57 Å². The van der Waals surface area contributed by atoms with E-state index < -0.39 is 17.9 Å². The zero-order valence-electron chi connectivity index (χ0n) is 28.8. The number of nitrogens with zero attached hydrogens (tertiary/aromatic N) is 4. The van der Waals surface area contributed by atoms with Crippen LogP contribution >= 0.6 is 0 Å². The van der Waals surface area contributed by atoms with Crippen molar-refractivity contribution < 1.29 is 24.4 Å². The van der Waals surface area contributed by atoms with E-state index >= 15 is 0 Å². The molecule has 1 saturated heterocycles. The highest BCUT2D eigenvalue weighted by Gasteiger charge is 2.63. The van der Waals surface area contributed by atoms with E-state index in [1.807, 2.05) is 0 Å². The Balaban J connectivity index is 1.00. The van der Waals surface area contributed by atoms with Gasteiger partial charge in [0.25, 0.3) is 0 Å². The number of aliphatic hydroxyl groups is 3. The maximum absolute atomic E-state index is 14.0. The van der Waals surface area contributed by atoms with E-state index in [9.17, 15) is 19.7 Å². The number of fused-ring (bicyclic) bond motifs is 6. The number of allylic oxidation sites excluding steroid dienone is 1. The first-order chi connectivity index (χ1) is 22.8. The summed E-state index contributed by atoms with van der Waals surface area (Å²) in [4.78, 5) is 11.7. The maximum atomic E-state index is 14.0. The van der Waals surface area contributed by atoms with Gasteiger partial charge in [0.05, 0.1) is 25.1 Å². The second-order valence-electron chi connectivity index (χ2n) is 16.8. The lowest BCUT2D eigenvalue weighted by atomic mass is 9.43. The van der Waals surface area contributed by atoms with E-state index in [0.717, 1.165) is 44.1 Å². The van der Waals surface area contributed by atoms with E-state index in [1.165, 1.54) is 32.0 Å². The lowest BCUT2D eigenvalue weighted by molar-refractivity contribution is -0.174. The van der Waals surface area contributed by atoms with Gasteiger partial charge in [-0.05, 0) is 123 Å². The van der Waals surface area contributed by atoms with Crippen LogP contribution in [0, 0.1) is 70.7 Å². The Bertz CT molecular complexity index is 1590. The summed E-state index contributed by atoms with van der Waals surface area (Å²) in [5.41, 5.74) is 6.73. The summed E-state index contributed by atoms with van der Waals surface area (Å²) in [6.45, 7) is 11.5. The number of aliphatic hydroxyl groups excluding tert-OH is 3. The second-order valence-corrected chi connectivity index (χ2v) is 16.8. The van der Waals surface area contributed by atoms with Gasteiger partial charge in [-0.2, -0.15) is 14.4 Å². The van der Waals surface area contributed by atoms with Crippen molar-refractivity contribution in [3.05, 3.63) is 24.6 Å². The Kier molecular flexibility index (Phi) is 8.71. The van der Waals surface area contributed by atoms with E-state index in [4.69, 9.17) is 16.9 Å². The number of rotatable bonds is 8. The molecular weight excluding hydrogens is 609 g/mol. The molecule has 2 aromatic heterocycles. The summed E-state index contributed by atoms with van der Waals surface area (Å²) in [5.74, 6) is 5.51. The van der Waals surface area contributed by atoms with Crippen LogP contribution in [0.5, 0.6) is 0 Å². The molecule has 5 aliphatic rings. The maximum Gasteiger partial charge on any atom is 0.312 e. The standard InChI is InChI=1S/C38H54FN5O4/c1-6-38(19-45)24(18-30(48-38)44-20-41-32-33(40)42-35(39)43-34(32)44)15-21(2)7-8-22(3)26-9-10-27-31-28(12-14-37(26,27)5)36(4)13-11-25(46)16-23(36)17-29(31)47/h1,20,22-31,45-47H,2,7-19H2,3-5H3,(H2,40,42,43)/t22-,23+,24+,25-,26-,27+,28+,29+,30-,31+,36+,37-,38-/m1/s1. The van der Waals surface area contributed by atoms with Crippen LogP contribution in [0.1, 0.15) is 104 Å². The van der Waals surface area contributed by atoms with Crippen LogP contribution in [0.25, 0.3) is 11.2 Å². The van der Waals surface area contributed by atoms with E-state index in [2.05, 4.69) is 48.2 Å². The number of hydrogen-bond donors (Lipinski definition) is 4. The van der Waals surface area contributed by atoms with Crippen LogP contribution < -0.4 is 5.73 Å². The molecule has 5 N–H and O–H groups in total. The highest BCUT2D eigenvalue weighted by atomic mass is 19.1. The predicted molar refractivity (Wildman–Crippen MR) is 181 cm³/mol. The van der Waals surface area contributed by atoms with Crippen molar-refractivity contribution in [3.63, 3.8) is 0 Å². The first-order valence-corrected chi connectivity index (χ1v) is 18.3. The lowest BCUT2D eigenvalue weighted by Crippen LogP contribution is -2.58. The van der Waals surface area contributed by atoms with Gasteiger partial charge in [0, 0.05) is 5.92 Å². The number of imidazole rings is 1. The molecule has 0 amide bonds. The number of anilines is 1. The molecule has 0 spiro atoms. The van der Waals surface area contributed by atoms with E-state index in [-0.39, 0.29) is 47.0 Å². The minimum absolute atomic E-state index is 0.0445. The Morgan fingerprint density at radius 3 is 2.65 bits per heavy atom. The smallest absolute Gasteiger partial charge is 0.312 e. The largest absolute Gasteiger partial charge is 0.393 e. The van der Waals surface area contributed by atoms with Gasteiger partial charge in [0.2, 0.25) is 0 Å². The highest BCUT2D eigenvalue weighted by Crippen LogP contribution is 2.68. The van der Waals surface area contributed by atoms with Gasteiger partial charge >= 0.3 is 6.08 Å². The molecular formula is C38H54FN5O4. The molecule has 48 heavy (non-hydrogen) atoms. The summed E-state index contributed by atoms with van der Waals surface area (Å²) in [5, 5.41) is 32.5. The van der Waals surface area contributed by atoms with Crippen molar-refractivity contribution in [1.82, 2.24) is 19.5 Å². The van der Waals surface area contributed by atoms with Crippen LogP contribution in [0.15, 0.2) is 18.5 Å². The second kappa shape index (κ2) is 12.3. The molecule has 10 heteroatoms. The van der Waals surface area contributed by atoms with Crippen molar-refractivity contribution in [2.24, 2.45) is 52.3 Å². The van der Waals surface area contributed by atoms with Gasteiger partial charge in [0.15, 0.2) is 22.6 Å². The Labute approximate surface area is 284 Å². The third-order valence-corrected chi connectivity index (χ3v) is 14.6. The summed E-state index contributed by atoms with van der Waals surface area (Å²) >= 11 is 0. The number of aromatic nitrogens is 4. The fourth-order valence-electron chi connectivity index (χ4n) is 12.0. The Morgan fingerprint density at radius 1 is 1.15 bits per heavy atom. The average molecular weight is 664 g/mol. The van der Waals surface area contributed by atoms with Gasteiger partial charge in [-0.1, -0.05) is 38.8 Å². The molecule has 9 nitrogen and oxygen atoms in total. The molecule has 3 heterocycles. The molecule has 0 radical (unpaired) electrons. The zero-order valence-corrected chi connectivity index (χ0v) is 28.8. The minimum Gasteiger partial charge on any atom is -0.393 e. The summed E-state index contributed by atoms with van der Waals surface area (Å²) in [7, 11) is 0. The number of hydrogen-bond acceptors (Lipinski definition) is 8. The molecule has 0 unspecified atom stereocenters. The SMILES string of the molecule is C#C[C@]1(CO)O[C@@H](n2cnc3c(N)nc(F)nc32)C[C@@H]1CC(=C)CC[C@@H](C)[C@H]1CC[C@H]2[C@@H]3[C@@H](O)C[C@@H]4C[C@H](O)CC[C@]4(C)[C@H]3CC[C@]12C. The molecule has 5 fully saturated rings. The number of nitrogens with two attached hydrogens (primary N) is 1. The molecule has 1 aliphatic heterocycles. The highest BCUT2D eigenvalue weighted by molar-refractivity contribution is 5.81. The Hall–Kier alpha value is -2.58. The zero-order chi connectivity index (χ0) is 34.2. The third kappa shape index (κ3) is 5.30. The normalized spacial score (nSPS) is 42.9. The third-order valence-electron chi connectivity index (χ3n) is 14.6. The van der Waals surface area contributed by atoms with Crippen LogP contribution in [-0.2, 0) is 4.74 Å². The van der Waals surface area contributed by atoms with Gasteiger partial charge in [-0.25, -0.2) is 4.98 Å². The minimum atomic E-state index is -1.20. The molecule has 2 aromatic rings. The Morgan fingerprint density at radius 2 is 1.90 bits per heavy atom. The fourth-order valence-corrected chi connectivity index (χ4v) is 12.0. The predicted octanol–water partition coefficient (Wildman–Crippen LogP) is 5.80. The van der Waals surface area contributed by atoms with Gasteiger partial charge in [-0.3, -0.25) is 4.57 Å². The lowest BCUT2D eigenvalue weighted by Gasteiger charge is -2.62. The first-order valence-electron chi connectivity index (χ1n) is 18.3. The van der Waals surface area contributed by atoms with Crippen LogP contribution in [0.4, 0.5) is 10.2 Å². The monoisotopic (exact) mass is 663 g/mol. The summed E-state index contributed by atoms with van der Waals surface area (Å²) in [6.07, 6.45) is 17.0. The molecule has 262 valence electrons. The molecule has 0 aromatic carbocycles. The quantitative estimate of drug-likeness (QED) is 0.158. The molecule has 4 aliphatic carbocycles. The number of ether oxygens (including phenoxy) is 1. The molecule has 7 rings (SSSR count). The van der Waals surface area contributed by atoms with E-state index in [0.29, 0.717) is 53.9 Å². The van der Waals surface area contributed by atoms with Crippen molar-refractivity contribution in [2.75, 3.05) is 12.3 Å². The van der Waals surface area contributed by atoms with Crippen LogP contribution in [-0.4, -0.2) is 59.3 Å². The van der Waals surface area contributed by atoms with Gasteiger partial charge in [0.1, 0.15) is 6.23 Å². The van der Waals surface area contributed by atoms with Crippen molar-refractivity contribution in [2.45, 2.75) is 122 Å². The van der Waals surface area contributed by atoms with Gasteiger partial charge in [-0.15, -0.1) is 6.42 Å². The molecule has 4 saturated carbocycles. The summed E-state index contributed by atoms with van der Waals surface area (Å²) in [6, 6.07) is 0. The average Bonchev–Trinajstić information content (AvgIpc) is 3.74. The molecule has 13 atom stereocenters. The van der Waals surface area contributed by atoms with Crippen LogP contribution in [0.2, 0.25) is 0 Å². The van der Waals surface area contributed by atoms with Crippen molar-refractivity contribution >= 4 is 17.0 Å². The number of halogens is 1. The topological polar surface area (TPSA) is 140 Å². The van der Waals surface area contributed by atoms with Crippen LogP contribution in [0.3, 0.4) is 0 Å². The summed E-state index contributed by atoms with van der Waals surface area (Å²) < 4.78 is 22.0. The van der Waals surface area contributed by atoms with Crippen molar-refractivity contribution in [3.8, 4) is 12.3 Å². The fraction of sp³-hybridized carbons (Fsp3) is 0.763. The first kappa shape index (κ1) is 33.9. The van der Waals surface area contributed by atoms with Gasteiger partial charge < -0.3 is 25.8 Å². The number of nitrogen functional groups attached to an aromatic ring is 1.